The Labute approximate surface area is 160 Å². The number of para-hydroxylation sites is 2. The molecule has 0 aliphatic heterocycles. The number of halogens is 1. The smallest absolute Gasteiger partial charge is 0.344 e. The molecular weight excluding hydrogens is 376 g/mol. The van der Waals surface area contributed by atoms with Crippen LogP contribution in [0.1, 0.15) is 12.5 Å². The average molecular weight is 393 g/mol. The molecule has 0 aliphatic rings. The van der Waals surface area contributed by atoms with Gasteiger partial charge in [0, 0.05) is 17.6 Å². The Morgan fingerprint density at radius 2 is 1.85 bits per heavy atom. The predicted octanol–water partition coefficient (Wildman–Crippen LogP) is 2.88. The molecular formula is C18H17ClN2O6. The van der Waals surface area contributed by atoms with Crippen LogP contribution < -0.4 is 10.1 Å². The standard InChI is InChI=1S/C18H17ClN2O6/c1-12(18(23)20-10-13-6-2-3-7-14(13)19)27-17(22)11-26-16-9-5-4-8-15(16)21(24)25/h2-9,12H,10-11H2,1H3,(H,20,23). The number of nitro groups is 1. The number of rotatable bonds is 8. The molecule has 1 amide bonds. The lowest BCUT2D eigenvalue weighted by atomic mass is 10.2. The van der Waals surface area contributed by atoms with Gasteiger partial charge in [-0.25, -0.2) is 4.79 Å². The van der Waals surface area contributed by atoms with Crippen LogP contribution in [0, 0.1) is 10.1 Å². The van der Waals surface area contributed by atoms with Crippen LogP contribution in [0.15, 0.2) is 48.5 Å². The van der Waals surface area contributed by atoms with Crippen LogP contribution in [0.25, 0.3) is 0 Å². The van der Waals surface area contributed by atoms with Gasteiger partial charge in [-0.3, -0.25) is 14.9 Å². The van der Waals surface area contributed by atoms with Crippen molar-refractivity contribution in [1.82, 2.24) is 5.32 Å². The fourth-order valence-corrected chi connectivity index (χ4v) is 2.32. The summed E-state index contributed by atoms with van der Waals surface area (Å²) in [5.74, 6) is -1.39. The molecule has 0 fully saturated rings. The molecule has 0 bridgehead atoms. The lowest BCUT2D eigenvalue weighted by molar-refractivity contribution is -0.385. The Bertz CT molecular complexity index is 842. The second-order valence-electron chi connectivity index (χ2n) is 5.45. The highest BCUT2D eigenvalue weighted by Crippen LogP contribution is 2.25. The number of ether oxygens (including phenoxy) is 2. The lowest BCUT2D eigenvalue weighted by Gasteiger charge is -2.14. The van der Waals surface area contributed by atoms with Crippen LogP contribution in [0.2, 0.25) is 5.02 Å². The third-order valence-electron chi connectivity index (χ3n) is 3.50. The van der Waals surface area contributed by atoms with Crippen LogP contribution in [0.4, 0.5) is 5.69 Å². The highest BCUT2D eigenvalue weighted by molar-refractivity contribution is 6.31. The van der Waals surface area contributed by atoms with E-state index in [1.165, 1.54) is 25.1 Å². The van der Waals surface area contributed by atoms with E-state index < -0.39 is 29.5 Å². The van der Waals surface area contributed by atoms with Gasteiger partial charge in [0.15, 0.2) is 18.5 Å². The maximum absolute atomic E-state index is 12.0. The van der Waals surface area contributed by atoms with Crippen LogP contribution in [-0.2, 0) is 20.9 Å². The van der Waals surface area contributed by atoms with E-state index >= 15 is 0 Å². The third kappa shape index (κ3) is 5.96. The minimum atomic E-state index is -1.06. The van der Waals surface area contributed by atoms with E-state index in [0.29, 0.717) is 5.02 Å². The number of nitrogens with one attached hydrogen (secondary N) is 1. The Morgan fingerprint density at radius 1 is 1.19 bits per heavy atom. The van der Waals surface area contributed by atoms with Gasteiger partial charge in [-0.2, -0.15) is 0 Å². The first kappa shape index (κ1) is 20.2. The second kappa shape index (κ2) is 9.54. The molecule has 0 heterocycles. The summed E-state index contributed by atoms with van der Waals surface area (Å²) in [6.07, 6.45) is -1.06. The first-order valence-electron chi connectivity index (χ1n) is 7.95. The predicted molar refractivity (Wildman–Crippen MR) is 97.4 cm³/mol. The molecule has 0 saturated carbocycles. The quantitative estimate of drug-likeness (QED) is 0.420. The summed E-state index contributed by atoms with van der Waals surface area (Å²) in [7, 11) is 0. The van der Waals surface area contributed by atoms with Crippen LogP contribution in [-0.4, -0.2) is 29.5 Å². The molecule has 0 saturated heterocycles. The molecule has 142 valence electrons. The molecule has 2 rings (SSSR count). The number of carbonyl (C=O) groups is 2. The number of esters is 1. The first-order chi connectivity index (χ1) is 12.9. The summed E-state index contributed by atoms with van der Waals surface area (Å²) in [6, 6.07) is 12.7. The Morgan fingerprint density at radius 3 is 2.56 bits per heavy atom. The van der Waals surface area contributed by atoms with E-state index in [2.05, 4.69) is 5.32 Å². The van der Waals surface area contributed by atoms with Gasteiger partial charge in [-0.1, -0.05) is 41.9 Å². The summed E-state index contributed by atoms with van der Waals surface area (Å²) in [5, 5.41) is 14.0. The summed E-state index contributed by atoms with van der Waals surface area (Å²) >= 11 is 6.00. The molecule has 1 N–H and O–H groups in total. The zero-order chi connectivity index (χ0) is 19.8. The van der Waals surface area contributed by atoms with Gasteiger partial charge in [0.1, 0.15) is 0 Å². The number of nitrogens with zero attached hydrogens (tertiary/aromatic N) is 1. The lowest BCUT2D eigenvalue weighted by Crippen LogP contribution is -2.36. The molecule has 0 aliphatic carbocycles. The Hall–Kier alpha value is -3.13. The Kier molecular flexibility index (Phi) is 7.13. The third-order valence-corrected chi connectivity index (χ3v) is 3.86. The fraction of sp³-hybridized carbons (Fsp3) is 0.222. The number of benzene rings is 2. The van der Waals surface area contributed by atoms with Crippen molar-refractivity contribution < 1.29 is 24.0 Å². The van der Waals surface area contributed by atoms with Crippen molar-refractivity contribution in [3.63, 3.8) is 0 Å². The monoisotopic (exact) mass is 392 g/mol. The molecule has 0 radical (unpaired) electrons. The van der Waals surface area contributed by atoms with E-state index in [9.17, 15) is 19.7 Å². The zero-order valence-electron chi connectivity index (χ0n) is 14.4. The minimum Gasteiger partial charge on any atom is -0.475 e. The maximum Gasteiger partial charge on any atom is 0.344 e. The van der Waals surface area contributed by atoms with Gasteiger partial charge in [0.2, 0.25) is 0 Å². The zero-order valence-corrected chi connectivity index (χ0v) is 15.1. The van der Waals surface area contributed by atoms with Crippen LogP contribution >= 0.6 is 11.6 Å². The average Bonchev–Trinajstić information content (AvgIpc) is 2.65. The fourth-order valence-electron chi connectivity index (χ4n) is 2.12. The molecule has 0 aromatic heterocycles. The van der Waals surface area contributed by atoms with Crippen molar-refractivity contribution in [2.45, 2.75) is 19.6 Å². The topological polar surface area (TPSA) is 108 Å². The number of hydrogen-bond acceptors (Lipinski definition) is 6. The van der Waals surface area contributed by atoms with Crippen LogP contribution in [0.3, 0.4) is 0 Å². The molecule has 1 unspecified atom stereocenters. The van der Waals surface area contributed by atoms with Crippen LogP contribution in [0.5, 0.6) is 5.75 Å². The van der Waals surface area contributed by atoms with Gasteiger partial charge in [-0.15, -0.1) is 0 Å². The number of amides is 1. The molecule has 2 aromatic carbocycles. The van der Waals surface area contributed by atoms with Gasteiger partial charge in [-0.05, 0) is 24.6 Å². The van der Waals surface area contributed by atoms with Crippen molar-refractivity contribution >= 4 is 29.2 Å². The van der Waals surface area contributed by atoms with Crippen molar-refractivity contribution in [3.8, 4) is 5.75 Å². The van der Waals surface area contributed by atoms with Crippen molar-refractivity contribution in [2.24, 2.45) is 0 Å². The van der Waals surface area contributed by atoms with Crippen molar-refractivity contribution in [3.05, 3.63) is 69.2 Å². The van der Waals surface area contributed by atoms with Gasteiger partial charge < -0.3 is 14.8 Å². The number of hydrogen-bond donors (Lipinski definition) is 1. The first-order valence-corrected chi connectivity index (χ1v) is 8.33. The summed E-state index contributed by atoms with van der Waals surface area (Å²) < 4.78 is 10.1. The number of nitro benzene ring substituents is 1. The molecule has 9 heteroatoms. The number of carbonyl (C=O) groups excluding carboxylic acids is 2. The summed E-state index contributed by atoms with van der Waals surface area (Å²) in [6.45, 7) is 1.03. The second-order valence-corrected chi connectivity index (χ2v) is 5.86. The minimum absolute atomic E-state index is 0.0599. The van der Waals surface area contributed by atoms with E-state index in [0.717, 1.165) is 5.56 Å². The SMILES string of the molecule is CC(OC(=O)COc1ccccc1[N+](=O)[O-])C(=O)NCc1ccccc1Cl. The van der Waals surface area contributed by atoms with E-state index in [4.69, 9.17) is 21.1 Å². The largest absolute Gasteiger partial charge is 0.475 e. The summed E-state index contributed by atoms with van der Waals surface area (Å²) in [5.41, 5.74) is 0.460. The van der Waals surface area contributed by atoms with Gasteiger partial charge >= 0.3 is 11.7 Å². The van der Waals surface area contributed by atoms with E-state index in [-0.39, 0.29) is 18.0 Å². The highest BCUT2D eigenvalue weighted by Gasteiger charge is 2.20. The molecule has 2 aromatic rings. The van der Waals surface area contributed by atoms with E-state index in [1.54, 1.807) is 30.3 Å². The highest BCUT2D eigenvalue weighted by atomic mass is 35.5. The molecule has 0 spiro atoms. The molecule has 27 heavy (non-hydrogen) atoms. The summed E-state index contributed by atoms with van der Waals surface area (Å²) in [4.78, 5) is 34.1. The maximum atomic E-state index is 12.0. The van der Waals surface area contributed by atoms with Gasteiger partial charge in [0.25, 0.3) is 5.91 Å². The van der Waals surface area contributed by atoms with Crippen molar-refractivity contribution in [1.29, 1.82) is 0 Å². The molecule has 8 nitrogen and oxygen atoms in total. The van der Waals surface area contributed by atoms with Crippen molar-refractivity contribution in [2.75, 3.05) is 6.61 Å². The molecule has 1 atom stereocenters. The van der Waals surface area contributed by atoms with E-state index in [1.807, 2.05) is 0 Å². The normalized spacial score (nSPS) is 11.3. The van der Waals surface area contributed by atoms with Gasteiger partial charge in [0.05, 0.1) is 4.92 Å². The Balaban J connectivity index is 1.82.